The van der Waals surface area contributed by atoms with Gasteiger partial charge in [-0.05, 0) is 61.7 Å². The predicted molar refractivity (Wildman–Crippen MR) is 103 cm³/mol. The molecule has 0 aliphatic carbocycles. The molecule has 0 atom stereocenters. The molecular formula is C19H22N2O4S. The van der Waals surface area contributed by atoms with Crippen molar-refractivity contribution in [3.63, 3.8) is 0 Å². The zero-order chi connectivity index (χ0) is 18.9. The first kappa shape index (κ1) is 18.3. The summed E-state index contributed by atoms with van der Waals surface area (Å²) in [6.07, 6.45) is 0.596. The number of methoxy groups -OCH3 is 1. The largest absolute Gasteiger partial charge is 0.495 e. The van der Waals surface area contributed by atoms with E-state index in [1.54, 1.807) is 24.3 Å². The number of nitrogens with one attached hydrogen (secondary N) is 1. The molecule has 1 saturated heterocycles. The van der Waals surface area contributed by atoms with Crippen molar-refractivity contribution in [2.24, 2.45) is 0 Å². The molecule has 0 bridgehead atoms. The van der Waals surface area contributed by atoms with Gasteiger partial charge in [0.1, 0.15) is 5.75 Å². The molecule has 1 N–H and O–H groups in total. The maximum Gasteiger partial charge on any atom is 0.255 e. The number of ether oxygens (including phenoxy) is 1. The summed E-state index contributed by atoms with van der Waals surface area (Å²) >= 11 is 0. The van der Waals surface area contributed by atoms with Crippen molar-refractivity contribution in [3.8, 4) is 5.75 Å². The predicted octanol–water partition coefficient (Wildman–Crippen LogP) is 3.10. The van der Waals surface area contributed by atoms with E-state index in [4.69, 9.17) is 4.74 Å². The minimum absolute atomic E-state index is 0.142. The van der Waals surface area contributed by atoms with Gasteiger partial charge >= 0.3 is 0 Å². The van der Waals surface area contributed by atoms with Crippen molar-refractivity contribution < 1.29 is 17.9 Å². The molecule has 3 rings (SSSR count). The lowest BCUT2D eigenvalue weighted by Crippen LogP contribution is -2.25. The maximum atomic E-state index is 12.6. The van der Waals surface area contributed by atoms with Crippen LogP contribution in [0.15, 0.2) is 36.4 Å². The lowest BCUT2D eigenvalue weighted by atomic mass is 10.1. The van der Waals surface area contributed by atoms with Gasteiger partial charge in [0.25, 0.3) is 5.91 Å². The second-order valence-electron chi connectivity index (χ2n) is 6.38. The molecule has 26 heavy (non-hydrogen) atoms. The summed E-state index contributed by atoms with van der Waals surface area (Å²) in [4.78, 5) is 12.6. The number of benzene rings is 2. The summed E-state index contributed by atoms with van der Waals surface area (Å²) in [6, 6.07) is 10.5. The molecular weight excluding hydrogens is 352 g/mol. The van der Waals surface area contributed by atoms with Crippen molar-refractivity contribution in [2.45, 2.75) is 20.3 Å². The number of sulfonamides is 1. The molecule has 1 aliphatic rings. The standard InChI is InChI=1S/C19H22N2O4S/c1-13-5-6-15(11-14(13)2)19(22)20-17-12-16(7-8-18(17)25-3)21-9-4-10-26(21,23)24/h5-8,11-12H,4,9-10H2,1-3H3,(H,20,22). The molecule has 0 spiro atoms. The van der Waals surface area contributed by atoms with Crippen molar-refractivity contribution in [3.05, 3.63) is 53.1 Å². The fraction of sp³-hybridized carbons (Fsp3) is 0.316. The third kappa shape index (κ3) is 3.53. The number of anilines is 2. The highest BCUT2D eigenvalue weighted by Gasteiger charge is 2.29. The van der Waals surface area contributed by atoms with E-state index in [1.807, 2.05) is 26.0 Å². The quantitative estimate of drug-likeness (QED) is 0.892. The molecule has 0 aromatic heterocycles. The van der Waals surface area contributed by atoms with Crippen molar-refractivity contribution in [1.29, 1.82) is 0 Å². The van der Waals surface area contributed by atoms with Gasteiger partial charge in [-0.15, -0.1) is 0 Å². The summed E-state index contributed by atoms with van der Waals surface area (Å²) in [5.74, 6) is 0.346. The minimum Gasteiger partial charge on any atom is -0.495 e. The third-order valence-corrected chi connectivity index (χ3v) is 6.46. The van der Waals surface area contributed by atoms with Crippen LogP contribution >= 0.6 is 0 Å². The molecule has 1 amide bonds. The van der Waals surface area contributed by atoms with Crippen LogP contribution in [0.5, 0.6) is 5.75 Å². The van der Waals surface area contributed by atoms with Gasteiger partial charge in [0, 0.05) is 12.1 Å². The Morgan fingerprint density at radius 2 is 1.88 bits per heavy atom. The van der Waals surface area contributed by atoms with Gasteiger partial charge in [0.15, 0.2) is 0 Å². The van der Waals surface area contributed by atoms with E-state index in [-0.39, 0.29) is 11.7 Å². The zero-order valence-electron chi connectivity index (χ0n) is 15.1. The van der Waals surface area contributed by atoms with Gasteiger partial charge < -0.3 is 10.1 Å². The highest BCUT2D eigenvalue weighted by molar-refractivity contribution is 7.93. The Kier molecular flexibility index (Phi) is 4.91. The number of hydrogen-bond donors (Lipinski definition) is 1. The Balaban J connectivity index is 1.92. The molecule has 0 saturated carbocycles. The maximum absolute atomic E-state index is 12.6. The van der Waals surface area contributed by atoms with Gasteiger partial charge in [-0.2, -0.15) is 0 Å². The van der Waals surface area contributed by atoms with Gasteiger partial charge in [0.05, 0.1) is 24.2 Å². The first-order chi connectivity index (χ1) is 12.3. The van der Waals surface area contributed by atoms with Crippen LogP contribution in [-0.4, -0.2) is 33.7 Å². The Bertz CT molecular complexity index is 954. The van der Waals surface area contributed by atoms with E-state index >= 15 is 0 Å². The lowest BCUT2D eigenvalue weighted by molar-refractivity contribution is 0.102. The molecule has 0 radical (unpaired) electrons. The first-order valence-corrected chi connectivity index (χ1v) is 10.00. The topological polar surface area (TPSA) is 75.7 Å². The van der Waals surface area contributed by atoms with Crippen LogP contribution in [0.1, 0.15) is 27.9 Å². The normalized spacial score (nSPS) is 15.7. The van der Waals surface area contributed by atoms with Gasteiger partial charge in [-0.25, -0.2) is 8.42 Å². The highest BCUT2D eigenvalue weighted by atomic mass is 32.2. The van der Waals surface area contributed by atoms with Crippen LogP contribution in [0.4, 0.5) is 11.4 Å². The Morgan fingerprint density at radius 3 is 2.50 bits per heavy atom. The first-order valence-electron chi connectivity index (χ1n) is 8.39. The summed E-state index contributed by atoms with van der Waals surface area (Å²) in [5.41, 5.74) is 3.64. The number of aryl methyl sites for hydroxylation is 2. The molecule has 1 fully saturated rings. The number of amides is 1. The number of nitrogens with zero attached hydrogens (tertiary/aromatic N) is 1. The summed E-state index contributed by atoms with van der Waals surface area (Å²) < 4.78 is 31.0. The Hall–Kier alpha value is -2.54. The number of rotatable bonds is 4. The number of carbonyl (C=O) groups is 1. The molecule has 0 unspecified atom stereocenters. The van der Waals surface area contributed by atoms with Gasteiger partial charge in [-0.3, -0.25) is 9.10 Å². The van der Waals surface area contributed by atoms with Crippen LogP contribution < -0.4 is 14.4 Å². The second kappa shape index (κ2) is 6.99. The molecule has 1 aliphatic heterocycles. The molecule has 2 aromatic carbocycles. The van der Waals surface area contributed by atoms with Gasteiger partial charge in [0.2, 0.25) is 10.0 Å². The molecule has 138 valence electrons. The van der Waals surface area contributed by atoms with E-state index < -0.39 is 10.0 Å². The fourth-order valence-electron chi connectivity index (χ4n) is 2.96. The number of carbonyl (C=O) groups excluding carboxylic acids is 1. The summed E-state index contributed by atoms with van der Waals surface area (Å²) in [5, 5.41) is 2.83. The fourth-order valence-corrected chi connectivity index (χ4v) is 4.51. The minimum atomic E-state index is -3.29. The highest BCUT2D eigenvalue weighted by Crippen LogP contribution is 2.33. The van der Waals surface area contributed by atoms with Crippen LogP contribution in [0.2, 0.25) is 0 Å². The smallest absolute Gasteiger partial charge is 0.255 e. The average Bonchev–Trinajstić information content (AvgIpc) is 2.96. The molecule has 7 heteroatoms. The summed E-state index contributed by atoms with van der Waals surface area (Å²) in [7, 11) is -1.78. The SMILES string of the molecule is COc1ccc(N2CCCS2(=O)=O)cc1NC(=O)c1ccc(C)c(C)c1. The molecule has 1 heterocycles. The van der Waals surface area contributed by atoms with E-state index in [9.17, 15) is 13.2 Å². The monoisotopic (exact) mass is 374 g/mol. The summed E-state index contributed by atoms with van der Waals surface area (Å²) in [6.45, 7) is 4.38. The lowest BCUT2D eigenvalue weighted by Gasteiger charge is -2.19. The molecule has 6 nitrogen and oxygen atoms in total. The van der Waals surface area contributed by atoms with E-state index in [0.29, 0.717) is 35.7 Å². The molecule has 2 aromatic rings. The zero-order valence-corrected chi connectivity index (χ0v) is 15.9. The van der Waals surface area contributed by atoms with Crippen LogP contribution in [0.25, 0.3) is 0 Å². The van der Waals surface area contributed by atoms with Crippen molar-refractivity contribution in [1.82, 2.24) is 0 Å². The number of hydrogen-bond acceptors (Lipinski definition) is 4. The van der Waals surface area contributed by atoms with E-state index in [1.165, 1.54) is 11.4 Å². The van der Waals surface area contributed by atoms with E-state index in [0.717, 1.165) is 11.1 Å². The Morgan fingerprint density at radius 1 is 1.12 bits per heavy atom. The van der Waals surface area contributed by atoms with Crippen LogP contribution in [0.3, 0.4) is 0 Å². The Labute approximate surface area is 153 Å². The third-order valence-electron chi connectivity index (χ3n) is 4.59. The van der Waals surface area contributed by atoms with Crippen LogP contribution in [-0.2, 0) is 10.0 Å². The van der Waals surface area contributed by atoms with E-state index in [2.05, 4.69) is 5.32 Å². The van der Waals surface area contributed by atoms with Crippen LogP contribution in [0, 0.1) is 13.8 Å². The van der Waals surface area contributed by atoms with Crippen molar-refractivity contribution >= 4 is 27.3 Å². The van der Waals surface area contributed by atoms with Gasteiger partial charge in [-0.1, -0.05) is 6.07 Å². The van der Waals surface area contributed by atoms with Crippen molar-refractivity contribution in [2.75, 3.05) is 29.0 Å². The average molecular weight is 374 g/mol. The second-order valence-corrected chi connectivity index (χ2v) is 8.39.